The summed E-state index contributed by atoms with van der Waals surface area (Å²) in [6.07, 6.45) is 0. The van der Waals surface area contributed by atoms with Gasteiger partial charge in [-0.2, -0.15) is 10.4 Å². The highest BCUT2D eigenvalue weighted by molar-refractivity contribution is 6.43. The Morgan fingerprint density at radius 1 is 1.50 bits per heavy atom. The van der Waals surface area contributed by atoms with Crippen LogP contribution in [0, 0.1) is 11.3 Å². The van der Waals surface area contributed by atoms with E-state index in [1.807, 2.05) is 0 Å². The van der Waals surface area contributed by atoms with Crippen LogP contribution >= 0.6 is 11.6 Å². The smallest absolute Gasteiger partial charge is 0.369 e. The topological polar surface area (TPSA) is 74.5 Å². The molecule has 6 heteroatoms. The molecule has 0 aliphatic carbocycles. The quantitative estimate of drug-likeness (QED) is 0.494. The molecule has 0 aromatic heterocycles. The predicted molar refractivity (Wildman–Crippen MR) is 60.1 cm³/mol. The number of methoxy groups -OCH3 is 1. The molecule has 0 fully saturated rings. The molecule has 1 aromatic carbocycles. The standard InChI is InChI=1S/C10H8ClN3O2/c1-16-10(15)9(6-12)14-13-8-4-2-7(11)3-5-8/h2-5,13H,1H3/b14-9+. The number of esters is 1. The minimum Gasteiger partial charge on any atom is -0.464 e. The second-order valence-electron chi connectivity index (χ2n) is 2.68. The van der Waals surface area contributed by atoms with Crippen LogP contribution < -0.4 is 5.43 Å². The molecule has 0 aliphatic heterocycles. The number of nitrogens with one attached hydrogen (secondary N) is 1. The van der Waals surface area contributed by atoms with E-state index in [0.717, 1.165) is 0 Å². The maximum Gasteiger partial charge on any atom is 0.369 e. The minimum atomic E-state index is -0.788. The summed E-state index contributed by atoms with van der Waals surface area (Å²) >= 11 is 5.68. The maximum absolute atomic E-state index is 11.0. The predicted octanol–water partition coefficient (Wildman–Crippen LogP) is 1.80. The van der Waals surface area contributed by atoms with Crippen molar-refractivity contribution < 1.29 is 9.53 Å². The Balaban J connectivity index is 2.75. The van der Waals surface area contributed by atoms with Crippen LogP contribution in [0.1, 0.15) is 0 Å². The maximum atomic E-state index is 11.0. The Morgan fingerprint density at radius 3 is 2.62 bits per heavy atom. The van der Waals surface area contributed by atoms with Gasteiger partial charge in [-0.05, 0) is 24.3 Å². The van der Waals surface area contributed by atoms with E-state index in [4.69, 9.17) is 16.9 Å². The number of hydrogen-bond acceptors (Lipinski definition) is 5. The summed E-state index contributed by atoms with van der Waals surface area (Å²) in [6.45, 7) is 0. The summed E-state index contributed by atoms with van der Waals surface area (Å²) in [4.78, 5) is 11.0. The molecule has 0 saturated heterocycles. The van der Waals surface area contributed by atoms with Crippen molar-refractivity contribution in [1.82, 2.24) is 0 Å². The Morgan fingerprint density at radius 2 is 2.12 bits per heavy atom. The van der Waals surface area contributed by atoms with E-state index in [0.29, 0.717) is 10.7 Å². The number of hydrazone groups is 1. The molecule has 0 heterocycles. The van der Waals surface area contributed by atoms with Gasteiger partial charge in [0, 0.05) is 5.02 Å². The summed E-state index contributed by atoms with van der Waals surface area (Å²) in [6, 6.07) is 8.26. The summed E-state index contributed by atoms with van der Waals surface area (Å²) in [5.74, 6) is -0.788. The van der Waals surface area contributed by atoms with E-state index >= 15 is 0 Å². The highest BCUT2D eigenvalue weighted by atomic mass is 35.5. The van der Waals surface area contributed by atoms with Gasteiger partial charge in [0.25, 0.3) is 0 Å². The SMILES string of the molecule is COC(=O)/C(C#N)=N/Nc1ccc(Cl)cc1. The van der Waals surface area contributed by atoms with E-state index in [1.165, 1.54) is 7.11 Å². The van der Waals surface area contributed by atoms with Crippen LogP contribution in [0.25, 0.3) is 0 Å². The third kappa shape index (κ3) is 3.26. The number of anilines is 1. The van der Waals surface area contributed by atoms with Crippen molar-refractivity contribution in [2.45, 2.75) is 0 Å². The fourth-order valence-electron chi connectivity index (χ4n) is 0.858. The zero-order valence-electron chi connectivity index (χ0n) is 8.40. The van der Waals surface area contributed by atoms with Crippen molar-refractivity contribution in [1.29, 1.82) is 5.26 Å². The highest BCUT2D eigenvalue weighted by Gasteiger charge is 2.10. The molecule has 1 N–H and O–H groups in total. The molecule has 0 atom stereocenters. The summed E-state index contributed by atoms with van der Waals surface area (Å²) < 4.78 is 4.36. The lowest BCUT2D eigenvalue weighted by atomic mass is 10.3. The van der Waals surface area contributed by atoms with Gasteiger partial charge in [-0.25, -0.2) is 4.79 Å². The number of ether oxygens (including phenoxy) is 1. The van der Waals surface area contributed by atoms with Gasteiger partial charge < -0.3 is 4.74 Å². The van der Waals surface area contributed by atoms with E-state index in [-0.39, 0.29) is 5.71 Å². The average molecular weight is 238 g/mol. The lowest BCUT2D eigenvalue weighted by molar-refractivity contribution is -0.132. The number of nitrogens with zero attached hydrogens (tertiary/aromatic N) is 2. The van der Waals surface area contributed by atoms with E-state index in [2.05, 4.69) is 15.3 Å². The van der Waals surface area contributed by atoms with Crippen molar-refractivity contribution in [2.75, 3.05) is 12.5 Å². The van der Waals surface area contributed by atoms with Crippen molar-refractivity contribution in [2.24, 2.45) is 5.10 Å². The largest absolute Gasteiger partial charge is 0.464 e. The molecule has 0 spiro atoms. The molecular formula is C10H8ClN3O2. The summed E-state index contributed by atoms with van der Waals surface area (Å²) in [7, 11) is 1.18. The van der Waals surface area contributed by atoms with Gasteiger partial charge in [0.15, 0.2) is 0 Å². The van der Waals surface area contributed by atoms with Crippen LogP contribution in [-0.4, -0.2) is 18.8 Å². The fraction of sp³-hybridized carbons (Fsp3) is 0.100. The number of carbonyl (C=O) groups is 1. The second kappa shape index (κ2) is 5.73. The highest BCUT2D eigenvalue weighted by Crippen LogP contribution is 2.13. The third-order valence-corrected chi connectivity index (χ3v) is 1.88. The van der Waals surface area contributed by atoms with Crippen LogP contribution in [0.3, 0.4) is 0 Å². The van der Waals surface area contributed by atoms with E-state index in [9.17, 15) is 4.79 Å². The first-order valence-electron chi connectivity index (χ1n) is 4.25. The number of carbonyl (C=O) groups excluding carboxylic acids is 1. The van der Waals surface area contributed by atoms with Crippen LogP contribution in [0.15, 0.2) is 29.4 Å². The molecule has 5 nitrogen and oxygen atoms in total. The lowest BCUT2D eigenvalue weighted by Crippen LogP contribution is -2.15. The van der Waals surface area contributed by atoms with E-state index in [1.54, 1.807) is 30.3 Å². The lowest BCUT2D eigenvalue weighted by Gasteiger charge is -2.00. The van der Waals surface area contributed by atoms with Crippen molar-refractivity contribution in [3.63, 3.8) is 0 Å². The van der Waals surface area contributed by atoms with Gasteiger partial charge in [-0.3, -0.25) is 5.43 Å². The van der Waals surface area contributed by atoms with Crippen molar-refractivity contribution in [3.8, 4) is 6.07 Å². The molecule has 0 amide bonds. The zero-order chi connectivity index (χ0) is 12.0. The number of hydrogen-bond donors (Lipinski definition) is 1. The van der Waals surface area contributed by atoms with Crippen LogP contribution in [0.2, 0.25) is 5.02 Å². The Labute approximate surface area is 97.3 Å². The molecule has 0 radical (unpaired) electrons. The van der Waals surface area contributed by atoms with Crippen LogP contribution in [0.4, 0.5) is 5.69 Å². The first-order chi connectivity index (χ1) is 7.67. The summed E-state index contributed by atoms with van der Waals surface area (Å²) in [5, 5.41) is 12.8. The molecular weight excluding hydrogens is 230 g/mol. The summed E-state index contributed by atoms with van der Waals surface area (Å²) in [5.41, 5.74) is 2.81. The third-order valence-electron chi connectivity index (χ3n) is 1.63. The van der Waals surface area contributed by atoms with Gasteiger partial charge >= 0.3 is 5.97 Å². The van der Waals surface area contributed by atoms with Gasteiger partial charge in [-0.15, -0.1) is 0 Å². The normalized spacial score (nSPS) is 10.4. The zero-order valence-corrected chi connectivity index (χ0v) is 9.15. The van der Waals surface area contributed by atoms with Gasteiger partial charge in [0.1, 0.15) is 6.07 Å². The molecule has 0 saturated carbocycles. The fourth-order valence-corrected chi connectivity index (χ4v) is 0.984. The van der Waals surface area contributed by atoms with Gasteiger partial charge in [0.2, 0.25) is 5.71 Å². The first-order valence-corrected chi connectivity index (χ1v) is 4.63. The van der Waals surface area contributed by atoms with Crippen LogP contribution in [0.5, 0.6) is 0 Å². The Bertz CT molecular complexity index is 448. The van der Waals surface area contributed by atoms with Gasteiger partial charge in [-0.1, -0.05) is 11.6 Å². The molecule has 0 unspecified atom stereocenters. The Hall–Kier alpha value is -2.06. The molecule has 0 bridgehead atoms. The van der Waals surface area contributed by atoms with Crippen LogP contribution in [-0.2, 0) is 9.53 Å². The number of nitriles is 1. The van der Waals surface area contributed by atoms with Crippen molar-refractivity contribution >= 4 is 29.0 Å². The Kier molecular flexibility index (Phi) is 4.30. The molecule has 1 rings (SSSR count). The second-order valence-corrected chi connectivity index (χ2v) is 3.12. The molecule has 16 heavy (non-hydrogen) atoms. The minimum absolute atomic E-state index is 0.350. The van der Waals surface area contributed by atoms with Gasteiger partial charge in [0.05, 0.1) is 12.8 Å². The number of rotatable bonds is 3. The first kappa shape index (κ1) is 12.0. The monoisotopic (exact) mass is 237 g/mol. The number of halogens is 1. The molecule has 1 aromatic rings. The average Bonchev–Trinajstić information content (AvgIpc) is 2.31. The number of benzene rings is 1. The molecule has 82 valence electrons. The van der Waals surface area contributed by atoms with Crippen molar-refractivity contribution in [3.05, 3.63) is 29.3 Å². The van der Waals surface area contributed by atoms with E-state index < -0.39 is 5.97 Å². The molecule has 0 aliphatic rings.